The van der Waals surface area contributed by atoms with Crippen LogP contribution in [0.4, 0.5) is 0 Å². The molecule has 2 N–H and O–H groups in total. The van der Waals surface area contributed by atoms with Gasteiger partial charge >= 0.3 is 0 Å². The van der Waals surface area contributed by atoms with Gasteiger partial charge in [-0.25, -0.2) is 4.98 Å². The van der Waals surface area contributed by atoms with Crippen molar-refractivity contribution in [3.05, 3.63) is 59.7 Å². The number of aromatic nitrogens is 1. The van der Waals surface area contributed by atoms with Crippen molar-refractivity contribution in [3.8, 4) is 0 Å². The summed E-state index contributed by atoms with van der Waals surface area (Å²) < 4.78 is 2.38. The fraction of sp³-hybridized carbons (Fsp3) is 0.133. The van der Waals surface area contributed by atoms with E-state index in [1.807, 2.05) is 6.07 Å². The lowest BCUT2D eigenvalue weighted by molar-refractivity contribution is 1.07. The van der Waals surface area contributed by atoms with Crippen molar-refractivity contribution in [1.82, 2.24) is 4.98 Å². The van der Waals surface area contributed by atoms with Gasteiger partial charge in [0.1, 0.15) is 0 Å². The second-order valence-corrected chi connectivity index (χ2v) is 6.51. The topological polar surface area (TPSA) is 38.9 Å². The molecule has 0 amide bonds. The summed E-state index contributed by atoms with van der Waals surface area (Å²) in [6.45, 7) is 0.602. The van der Waals surface area contributed by atoms with Gasteiger partial charge < -0.3 is 5.73 Å². The minimum atomic E-state index is 0.602. The molecule has 19 heavy (non-hydrogen) atoms. The maximum Gasteiger partial charge on any atom is 0.151 e. The highest BCUT2D eigenvalue weighted by Gasteiger charge is 2.04. The summed E-state index contributed by atoms with van der Waals surface area (Å²) in [7, 11) is 0. The number of nitrogens with two attached hydrogens (primary N) is 1. The van der Waals surface area contributed by atoms with E-state index in [4.69, 9.17) is 5.73 Å². The van der Waals surface area contributed by atoms with E-state index in [1.165, 1.54) is 15.8 Å². The number of fused-ring (bicyclic) bond motifs is 1. The maximum atomic E-state index is 5.59. The van der Waals surface area contributed by atoms with Crippen molar-refractivity contribution in [2.75, 3.05) is 0 Å². The van der Waals surface area contributed by atoms with Crippen LogP contribution in [0.2, 0.25) is 0 Å². The Labute approximate surface area is 120 Å². The van der Waals surface area contributed by atoms with Crippen molar-refractivity contribution in [3.63, 3.8) is 0 Å². The molecular formula is C15H14N2S2. The maximum absolute atomic E-state index is 5.59. The van der Waals surface area contributed by atoms with Crippen molar-refractivity contribution in [2.45, 2.75) is 16.6 Å². The zero-order valence-electron chi connectivity index (χ0n) is 10.4. The third-order valence-electron chi connectivity index (χ3n) is 2.90. The molecule has 0 fully saturated rings. The van der Waals surface area contributed by atoms with E-state index < -0.39 is 0 Å². The Morgan fingerprint density at radius 3 is 2.47 bits per heavy atom. The quantitative estimate of drug-likeness (QED) is 0.735. The van der Waals surface area contributed by atoms with Crippen molar-refractivity contribution < 1.29 is 0 Å². The predicted molar refractivity (Wildman–Crippen MR) is 83.5 cm³/mol. The molecule has 0 radical (unpaired) electrons. The van der Waals surface area contributed by atoms with Crippen LogP contribution in [0.3, 0.4) is 0 Å². The number of thiazole rings is 1. The number of benzene rings is 2. The average molecular weight is 286 g/mol. The monoisotopic (exact) mass is 286 g/mol. The van der Waals surface area contributed by atoms with Crippen molar-refractivity contribution >= 4 is 33.3 Å². The minimum Gasteiger partial charge on any atom is -0.326 e. The first kappa shape index (κ1) is 12.7. The van der Waals surface area contributed by atoms with Gasteiger partial charge in [0.15, 0.2) is 4.34 Å². The molecule has 2 nitrogen and oxygen atoms in total. The van der Waals surface area contributed by atoms with Gasteiger partial charge in [-0.15, -0.1) is 11.3 Å². The van der Waals surface area contributed by atoms with E-state index in [1.54, 1.807) is 23.1 Å². The molecule has 1 heterocycles. The van der Waals surface area contributed by atoms with Gasteiger partial charge in [0.05, 0.1) is 10.2 Å². The minimum absolute atomic E-state index is 0.602. The van der Waals surface area contributed by atoms with Gasteiger partial charge in [-0.3, -0.25) is 0 Å². The van der Waals surface area contributed by atoms with Gasteiger partial charge in [-0.1, -0.05) is 48.2 Å². The molecule has 4 heteroatoms. The molecule has 0 aliphatic heterocycles. The summed E-state index contributed by atoms with van der Waals surface area (Å²) in [5, 5.41) is 0. The third-order valence-corrected chi connectivity index (χ3v) is 5.15. The standard InChI is InChI=1S/C15H14N2S2/c16-9-11-5-7-12(8-6-11)10-18-15-17-13-3-1-2-4-14(13)19-15/h1-8H,9-10,16H2. The van der Waals surface area contributed by atoms with Crippen LogP contribution in [0.15, 0.2) is 52.9 Å². The van der Waals surface area contributed by atoms with Crippen LogP contribution in [-0.4, -0.2) is 4.98 Å². The second-order valence-electron chi connectivity index (χ2n) is 4.26. The number of thioether (sulfide) groups is 1. The lowest BCUT2D eigenvalue weighted by Crippen LogP contribution is -1.95. The van der Waals surface area contributed by atoms with Crippen molar-refractivity contribution in [1.29, 1.82) is 0 Å². The molecule has 0 saturated carbocycles. The first-order valence-electron chi connectivity index (χ1n) is 6.11. The second kappa shape index (κ2) is 5.74. The lowest BCUT2D eigenvalue weighted by atomic mass is 10.1. The zero-order chi connectivity index (χ0) is 13.1. The predicted octanol–water partition coefficient (Wildman–Crippen LogP) is 4.05. The van der Waals surface area contributed by atoms with Crippen LogP contribution < -0.4 is 5.73 Å². The summed E-state index contributed by atoms with van der Waals surface area (Å²) in [5.74, 6) is 0.949. The number of hydrogen-bond donors (Lipinski definition) is 1. The van der Waals surface area contributed by atoms with E-state index in [-0.39, 0.29) is 0 Å². The smallest absolute Gasteiger partial charge is 0.151 e. The Morgan fingerprint density at radius 2 is 1.74 bits per heavy atom. The van der Waals surface area contributed by atoms with Crippen LogP contribution in [0.5, 0.6) is 0 Å². The molecule has 0 saturated heterocycles. The molecule has 0 spiro atoms. The molecule has 3 rings (SSSR count). The van der Waals surface area contributed by atoms with E-state index in [2.05, 4.69) is 47.4 Å². The van der Waals surface area contributed by atoms with E-state index in [0.717, 1.165) is 15.6 Å². The Morgan fingerprint density at radius 1 is 1.00 bits per heavy atom. The molecule has 0 bridgehead atoms. The Balaban J connectivity index is 1.70. The van der Waals surface area contributed by atoms with Crippen LogP contribution in [0, 0.1) is 0 Å². The van der Waals surface area contributed by atoms with Gasteiger partial charge in [0, 0.05) is 12.3 Å². The van der Waals surface area contributed by atoms with Crippen molar-refractivity contribution in [2.24, 2.45) is 5.73 Å². The van der Waals surface area contributed by atoms with Crippen LogP contribution in [0.1, 0.15) is 11.1 Å². The van der Waals surface area contributed by atoms with E-state index in [0.29, 0.717) is 6.54 Å². The fourth-order valence-corrected chi connectivity index (χ4v) is 3.85. The summed E-state index contributed by atoms with van der Waals surface area (Å²) in [4.78, 5) is 4.62. The zero-order valence-corrected chi connectivity index (χ0v) is 12.0. The summed E-state index contributed by atoms with van der Waals surface area (Å²) in [6, 6.07) is 16.7. The first-order valence-corrected chi connectivity index (χ1v) is 7.91. The molecule has 0 aliphatic rings. The Bertz CT molecular complexity index is 641. The molecule has 0 atom stereocenters. The van der Waals surface area contributed by atoms with Crippen LogP contribution in [-0.2, 0) is 12.3 Å². The molecule has 2 aromatic carbocycles. The highest BCUT2D eigenvalue weighted by molar-refractivity contribution is 8.00. The number of hydrogen-bond acceptors (Lipinski definition) is 4. The van der Waals surface area contributed by atoms with E-state index in [9.17, 15) is 0 Å². The van der Waals surface area contributed by atoms with Crippen LogP contribution in [0.25, 0.3) is 10.2 Å². The summed E-state index contributed by atoms with van der Waals surface area (Å²) >= 11 is 3.54. The SMILES string of the molecule is NCc1ccc(CSc2nc3ccccc3s2)cc1. The van der Waals surface area contributed by atoms with Gasteiger partial charge in [-0.05, 0) is 23.3 Å². The molecule has 3 aromatic rings. The molecule has 96 valence electrons. The van der Waals surface area contributed by atoms with Gasteiger partial charge in [0.25, 0.3) is 0 Å². The Kier molecular flexibility index (Phi) is 3.82. The summed E-state index contributed by atoms with van der Waals surface area (Å²) in [6.07, 6.45) is 0. The molecule has 0 aliphatic carbocycles. The highest BCUT2D eigenvalue weighted by Crippen LogP contribution is 2.31. The first-order chi connectivity index (χ1) is 9.35. The average Bonchev–Trinajstić information content (AvgIpc) is 2.88. The molecule has 1 aromatic heterocycles. The number of para-hydroxylation sites is 1. The van der Waals surface area contributed by atoms with E-state index >= 15 is 0 Å². The largest absolute Gasteiger partial charge is 0.326 e. The van der Waals surface area contributed by atoms with Crippen LogP contribution >= 0.6 is 23.1 Å². The van der Waals surface area contributed by atoms with Gasteiger partial charge in [0.2, 0.25) is 0 Å². The third kappa shape index (κ3) is 2.97. The number of nitrogens with zero attached hydrogens (tertiary/aromatic N) is 1. The number of rotatable bonds is 4. The fourth-order valence-electron chi connectivity index (χ4n) is 1.83. The van der Waals surface area contributed by atoms with Gasteiger partial charge in [-0.2, -0.15) is 0 Å². The molecule has 0 unspecified atom stereocenters. The summed E-state index contributed by atoms with van der Waals surface area (Å²) in [5.41, 5.74) is 9.17. The molecular weight excluding hydrogens is 272 g/mol. The highest BCUT2D eigenvalue weighted by atomic mass is 32.2. The normalized spacial score (nSPS) is 11.0. The lowest BCUT2D eigenvalue weighted by Gasteiger charge is -2.00. The Hall–Kier alpha value is -1.36.